The van der Waals surface area contributed by atoms with Gasteiger partial charge >= 0.3 is 5.97 Å². The monoisotopic (exact) mass is 280 g/mol. The highest BCUT2D eigenvalue weighted by Gasteiger charge is 2.24. The van der Waals surface area contributed by atoms with Gasteiger partial charge in [-0.25, -0.2) is 9.78 Å². The van der Waals surface area contributed by atoms with Gasteiger partial charge in [0.15, 0.2) is 0 Å². The van der Waals surface area contributed by atoms with Crippen molar-refractivity contribution in [2.24, 2.45) is 0 Å². The Morgan fingerprint density at radius 2 is 2.30 bits per heavy atom. The highest BCUT2D eigenvalue weighted by atomic mass is 16.6. The molecular weight excluding hydrogens is 268 g/mol. The second-order valence-corrected chi connectivity index (χ2v) is 4.25. The number of carboxylic acids is 1. The maximum absolute atomic E-state index is 11.5. The second kappa shape index (κ2) is 5.51. The molecule has 20 heavy (non-hydrogen) atoms. The average molecular weight is 280 g/mol. The highest BCUT2D eigenvalue weighted by Crippen LogP contribution is 2.23. The maximum Gasteiger partial charge on any atom is 0.339 e. The van der Waals surface area contributed by atoms with E-state index in [1.54, 1.807) is 0 Å². The summed E-state index contributed by atoms with van der Waals surface area (Å²) < 4.78 is 0. The van der Waals surface area contributed by atoms with Crippen molar-refractivity contribution >= 4 is 23.4 Å². The Morgan fingerprint density at radius 1 is 1.55 bits per heavy atom. The van der Waals surface area contributed by atoms with E-state index >= 15 is 0 Å². The zero-order chi connectivity index (χ0) is 14.7. The van der Waals surface area contributed by atoms with Crippen LogP contribution in [0.25, 0.3) is 0 Å². The molecule has 2 rings (SSSR count). The summed E-state index contributed by atoms with van der Waals surface area (Å²) in [6, 6.07) is 0.952. The minimum absolute atomic E-state index is 0.0227. The summed E-state index contributed by atoms with van der Waals surface area (Å²) in [4.78, 5) is 38.0. The molecule has 0 spiro atoms. The first-order chi connectivity index (χ1) is 9.49. The van der Waals surface area contributed by atoms with Crippen LogP contribution in [0.3, 0.4) is 0 Å². The number of carbonyl (C=O) groups excluding carboxylic acids is 1. The van der Waals surface area contributed by atoms with E-state index in [-0.39, 0.29) is 23.8 Å². The molecule has 9 nitrogen and oxygen atoms in total. The number of aromatic nitrogens is 1. The molecule has 1 fully saturated rings. The summed E-state index contributed by atoms with van der Waals surface area (Å²) in [5.74, 6) is -1.49. The smallest absolute Gasteiger partial charge is 0.339 e. The maximum atomic E-state index is 11.5. The molecule has 2 N–H and O–H groups in total. The van der Waals surface area contributed by atoms with E-state index in [2.05, 4.69) is 10.3 Å². The van der Waals surface area contributed by atoms with Crippen molar-refractivity contribution in [1.82, 2.24) is 10.3 Å². The number of carboxylic acid groups (broad SMARTS) is 1. The molecular formula is C11H12N4O5. The largest absolute Gasteiger partial charge is 0.478 e. The number of nitrogens with one attached hydrogen (secondary N) is 1. The van der Waals surface area contributed by atoms with Gasteiger partial charge in [-0.2, -0.15) is 0 Å². The Kier molecular flexibility index (Phi) is 3.78. The lowest BCUT2D eigenvalue weighted by Gasteiger charge is -2.21. The van der Waals surface area contributed by atoms with Gasteiger partial charge in [0.2, 0.25) is 5.91 Å². The first-order valence-corrected chi connectivity index (χ1v) is 5.88. The Hall–Kier alpha value is -2.71. The van der Waals surface area contributed by atoms with E-state index in [0.29, 0.717) is 19.5 Å². The van der Waals surface area contributed by atoms with Crippen molar-refractivity contribution in [2.45, 2.75) is 6.42 Å². The zero-order valence-electron chi connectivity index (χ0n) is 10.4. The topological polar surface area (TPSA) is 126 Å². The quantitative estimate of drug-likeness (QED) is 0.590. The number of hydrogen-bond acceptors (Lipinski definition) is 6. The van der Waals surface area contributed by atoms with Crippen molar-refractivity contribution < 1.29 is 19.6 Å². The van der Waals surface area contributed by atoms with Crippen LogP contribution in [0.15, 0.2) is 12.3 Å². The lowest BCUT2D eigenvalue weighted by atomic mass is 10.2. The van der Waals surface area contributed by atoms with Crippen molar-refractivity contribution in [3.8, 4) is 0 Å². The van der Waals surface area contributed by atoms with Crippen LogP contribution in [0.4, 0.5) is 11.5 Å². The molecule has 1 aromatic heterocycles. The van der Waals surface area contributed by atoms with Gasteiger partial charge in [0, 0.05) is 19.2 Å². The normalized spacial score (nSPS) is 15.4. The summed E-state index contributed by atoms with van der Waals surface area (Å²) in [7, 11) is 0. The number of amides is 1. The number of carbonyl (C=O) groups is 2. The van der Waals surface area contributed by atoms with Crippen LogP contribution < -0.4 is 10.2 Å². The Balaban J connectivity index is 2.41. The molecule has 2 heterocycles. The molecule has 1 aliphatic rings. The third-order valence-electron chi connectivity index (χ3n) is 2.85. The van der Waals surface area contributed by atoms with Gasteiger partial charge in [-0.1, -0.05) is 0 Å². The minimum Gasteiger partial charge on any atom is -0.478 e. The molecule has 0 atom stereocenters. The van der Waals surface area contributed by atoms with Gasteiger partial charge < -0.3 is 15.3 Å². The number of rotatable bonds is 3. The van der Waals surface area contributed by atoms with Crippen LogP contribution in [-0.2, 0) is 4.79 Å². The molecule has 0 aliphatic carbocycles. The van der Waals surface area contributed by atoms with Gasteiger partial charge in [0.05, 0.1) is 11.5 Å². The third kappa shape index (κ3) is 2.82. The molecule has 1 saturated heterocycles. The molecule has 1 amide bonds. The predicted molar refractivity (Wildman–Crippen MR) is 67.7 cm³/mol. The molecule has 106 valence electrons. The predicted octanol–water partition coefficient (Wildman–Crippen LogP) is 0.0143. The van der Waals surface area contributed by atoms with Crippen molar-refractivity contribution in [1.29, 1.82) is 0 Å². The number of aromatic carboxylic acids is 1. The summed E-state index contributed by atoms with van der Waals surface area (Å²) in [6.45, 7) is 0.930. The SMILES string of the molecule is O=C1CN(c2ncc([N+](=O)[O-])cc2C(=O)O)CCCN1. The van der Waals surface area contributed by atoms with E-state index in [0.717, 1.165) is 12.3 Å². The van der Waals surface area contributed by atoms with E-state index in [9.17, 15) is 19.7 Å². The molecule has 1 aromatic rings. The van der Waals surface area contributed by atoms with Crippen LogP contribution in [0.5, 0.6) is 0 Å². The number of pyridine rings is 1. The first kappa shape index (κ1) is 13.7. The summed E-state index contributed by atoms with van der Waals surface area (Å²) >= 11 is 0. The van der Waals surface area contributed by atoms with Gasteiger partial charge in [0.25, 0.3) is 5.69 Å². The fraction of sp³-hybridized carbons (Fsp3) is 0.364. The zero-order valence-corrected chi connectivity index (χ0v) is 10.4. The van der Waals surface area contributed by atoms with Crippen molar-refractivity contribution in [3.63, 3.8) is 0 Å². The number of anilines is 1. The van der Waals surface area contributed by atoms with Gasteiger partial charge in [-0.05, 0) is 6.42 Å². The fourth-order valence-corrected chi connectivity index (χ4v) is 1.94. The van der Waals surface area contributed by atoms with E-state index in [4.69, 9.17) is 5.11 Å². The standard InChI is InChI=1S/C11H12N4O5/c16-9-6-14(3-1-2-12-9)10-8(11(17)18)4-7(5-13-10)15(19)20/h4-5H,1-3,6H2,(H,12,16)(H,17,18). The van der Waals surface area contributed by atoms with Gasteiger partial charge in [-0.15, -0.1) is 0 Å². The number of hydrogen-bond donors (Lipinski definition) is 2. The summed E-state index contributed by atoms with van der Waals surface area (Å²) in [5, 5.41) is 22.5. The van der Waals surface area contributed by atoms with Gasteiger partial charge in [0.1, 0.15) is 17.6 Å². The van der Waals surface area contributed by atoms with E-state index in [1.165, 1.54) is 4.90 Å². The van der Waals surface area contributed by atoms with Crippen molar-refractivity contribution in [2.75, 3.05) is 24.5 Å². The van der Waals surface area contributed by atoms with Crippen LogP contribution in [0, 0.1) is 10.1 Å². The fourth-order valence-electron chi connectivity index (χ4n) is 1.94. The number of nitrogens with zero attached hydrogens (tertiary/aromatic N) is 3. The van der Waals surface area contributed by atoms with Crippen LogP contribution >= 0.6 is 0 Å². The van der Waals surface area contributed by atoms with E-state index < -0.39 is 16.6 Å². The second-order valence-electron chi connectivity index (χ2n) is 4.25. The Labute approximate surface area is 113 Å². The third-order valence-corrected chi connectivity index (χ3v) is 2.85. The van der Waals surface area contributed by atoms with Crippen molar-refractivity contribution in [3.05, 3.63) is 27.9 Å². The Morgan fingerprint density at radius 3 is 2.95 bits per heavy atom. The van der Waals surface area contributed by atoms with Crippen LogP contribution in [0.2, 0.25) is 0 Å². The van der Waals surface area contributed by atoms with E-state index in [1.807, 2.05) is 0 Å². The average Bonchev–Trinajstić information content (AvgIpc) is 2.62. The molecule has 0 unspecified atom stereocenters. The minimum atomic E-state index is -1.32. The Bertz CT molecular complexity index is 574. The lowest BCUT2D eigenvalue weighted by Crippen LogP contribution is -2.34. The highest BCUT2D eigenvalue weighted by molar-refractivity contribution is 5.95. The molecule has 0 bridgehead atoms. The lowest BCUT2D eigenvalue weighted by molar-refractivity contribution is -0.385. The molecule has 1 aliphatic heterocycles. The summed E-state index contributed by atoms with van der Waals surface area (Å²) in [5.41, 5.74) is -0.681. The summed E-state index contributed by atoms with van der Waals surface area (Å²) in [6.07, 6.45) is 1.63. The first-order valence-electron chi connectivity index (χ1n) is 5.88. The molecule has 0 aromatic carbocycles. The molecule has 0 radical (unpaired) electrons. The van der Waals surface area contributed by atoms with Crippen LogP contribution in [-0.4, -0.2) is 46.5 Å². The molecule has 9 heteroatoms. The van der Waals surface area contributed by atoms with Crippen LogP contribution in [0.1, 0.15) is 16.8 Å². The molecule has 0 saturated carbocycles. The van der Waals surface area contributed by atoms with Gasteiger partial charge in [-0.3, -0.25) is 14.9 Å². The number of nitro groups is 1.